The van der Waals surface area contributed by atoms with Crippen molar-refractivity contribution in [2.24, 2.45) is 0 Å². The van der Waals surface area contributed by atoms with E-state index in [0.29, 0.717) is 24.5 Å². The number of hydrogen-bond acceptors (Lipinski definition) is 6. The lowest BCUT2D eigenvalue weighted by Crippen LogP contribution is -2.36. The third-order valence-electron chi connectivity index (χ3n) is 4.88. The first-order valence-electron chi connectivity index (χ1n) is 9.45. The quantitative estimate of drug-likeness (QED) is 0.625. The van der Waals surface area contributed by atoms with Crippen LogP contribution in [0.15, 0.2) is 58.0 Å². The Hall–Kier alpha value is -2.64. The Bertz CT molecular complexity index is 874. The van der Waals surface area contributed by atoms with Crippen molar-refractivity contribution in [2.75, 3.05) is 19.6 Å². The number of furan rings is 1. The number of amides is 1. The molecule has 4 rings (SSSR count). The van der Waals surface area contributed by atoms with Crippen molar-refractivity contribution in [1.29, 1.82) is 0 Å². The maximum absolute atomic E-state index is 12.7. The fourth-order valence-corrected chi connectivity index (χ4v) is 3.97. The Morgan fingerprint density at radius 2 is 2.18 bits per heavy atom. The molecule has 0 saturated carbocycles. The summed E-state index contributed by atoms with van der Waals surface area (Å²) in [5, 5.41) is 5.00. The summed E-state index contributed by atoms with van der Waals surface area (Å²) < 4.78 is 11.4. The minimum absolute atomic E-state index is 0.0607. The van der Waals surface area contributed by atoms with Crippen LogP contribution >= 0.6 is 11.3 Å². The summed E-state index contributed by atoms with van der Waals surface area (Å²) in [6.07, 6.45) is 4.05. The van der Waals surface area contributed by atoms with Crippen molar-refractivity contribution in [1.82, 2.24) is 15.2 Å². The number of hydrogen-bond donors (Lipinski definition) is 1. The van der Waals surface area contributed by atoms with Crippen molar-refractivity contribution in [2.45, 2.75) is 25.5 Å². The number of carbonyl (C=O) groups excluding carboxylic acids is 1. The second kappa shape index (κ2) is 9.03. The molecular formula is C21H23N3O3S. The van der Waals surface area contributed by atoms with Crippen LogP contribution in [-0.4, -0.2) is 35.4 Å². The molecular weight excluding hydrogens is 374 g/mol. The van der Waals surface area contributed by atoms with Crippen molar-refractivity contribution >= 4 is 17.2 Å². The molecule has 3 aromatic rings. The molecule has 1 aliphatic rings. The molecule has 1 amide bonds. The molecule has 0 spiro atoms. The number of nitrogens with one attached hydrogen (secondary N) is 1. The zero-order valence-electron chi connectivity index (χ0n) is 15.5. The van der Waals surface area contributed by atoms with Crippen LogP contribution in [-0.2, 0) is 6.61 Å². The average Bonchev–Trinajstić information content (AvgIpc) is 3.50. The molecule has 0 bridgehead atoms. The smallest absolute Gasteiger partial charge is 0.251 e. The molecule has 1 atom stereocenters. The summed E-state index contributed by atoms with van der Waals surface area (Å²) in [7, 11) is 0. The molecule has 6 nitrogen and oxygen atoms in total. The largest absolute Gasteiger partial charge is 0.487 e. The van der Waals surface area contributed by atoms with Gasteiger partial charge in [0.05, 0.1) is 23.5 Å². The SMILES string of the molecule is O=C(NCC(c1ccco1)N1CCCC1)c1cccc(OCc2cscn2)c1. The number of carbonyl (C=O) groups is 1. The highest BCUT2D eigenvalue weighted by Crippen LogP contribution is 2.25. The summed E-state index contributed by atoms with van der Waals surface area (Å²) in [6, 6.07) is 11.2. The van der Waals surface area contributed by atoms with E-state index in [1.165, 1.54) is 24.2 Å². The van der Waals surface area contributed by atoms with E-state index in [-0.39, 0.29) is 11.9 Å². The van der Waals surface area contributed by atoms with E-state index in [1.807, 2.05) is 29.6 Å². The zero-order chi connectivity index (χ0) is 19.2. The minimum Gasteiger partial charge on any atom is -0.487 e. The molecule has 7 heteroatoms. The molecule has 0 aliphatic carbocycles. The summed E-state index contributed by atoms with van der Waals surface area (Å²) in [4.78, 5) is 19.3. The highest BCUT2D eigenvalue weighted by molar-refractivity contribution is 7.07. The number of ether oxygens (including phenoxy) is 1. The number of likely N-dealkylation sites (tertiary alicyclic amines) is 1. The minimum atomic E-state index is -0.116. The molecule has 1 aliphatic heterocycles. The lowest BCUT2D eigenvalue weighted by atomic mass is 10.1. The van der Waals surface area contributed by atoms with E-state index in [4.69, 9.17) is 9.15 Å². The molecule has 0 radical (unpaired) electrons. The summed E-state index contributed by atoms with van der Waals surface area (Å²) in [6.45, 7) is 2.96. The van der Waals surface area contributed by atoms with Gasteiger partial charge in [0.2, 0.25) is 0 Å². The first kappa shape index (κ1) is 18.7. The number of benzene rings is 1. The molecule has 1 unspecified atom stereocenters. The summed E-state index contributed by atoms with van der Waals surface area (Å²) in [5.74, 6) is 1.43. The summed E-state index contributed by atoms with van der Waals surface area (Å²) >= 11 is 1.53. The number of rotatable bonds is 8. The normalized spacial score (nSPS) is 15.4. The van der Waals surface area contributed by atoms with E-state index in [9.17, 15) is 4.79 Å². The second-order valence-corrected chi connectivity index (χ2v) is 7.50. The van der Waals surface area contributed by atoms with Gasteiger partial charge in [0, 0.05) is 17.5 Å². The number of nitrogens with zero attached hydrogens (tertiary/aromatic N) is 2. The van der Waals surface area contributed by atoms with E-state index in [0.717, 1.165) is 24.5 Å². The van der Waals surface area contributed by atoms with Gasteiger partial charge in [-0.3, -0.25) is 9.69 Å². The van der Waals surface area contributed by atoms with Gasteiger partial charge in [0.15, 0.2) is 0 Å². The third kappa shape index (κ3) is 4.61. The van der Waals surface area contributed by atoms with Gasteiger partial charge in [-0.25, -0.2) is 4.98 Å². The van der Waals surface area contributed by atoms with Crippen molar-refractivity contribution in [3.63, 3.8) is 0 Å². The number of aromatic nitrogens is 1. The van der Waals surface area contributed by atoms with Crippen LogP contribution < -0.4 is 10.1 Å². The Morgan fingerprint density at radius 1 is 1.29 bits per heavy atom. The third-order valence-corrected chi connectivity index (χ3v) is 5.51. The molecule has 1 fully saturated rings. The Morgan fingerprint density at radius 3 is 2.93 bits per heavy atom. The predicted octanol–water partition coefficient (Wildman–Crippen LogP) is 3.88. The molecule has 1 aromatic carbocycles. The van der Waals surface area contributed by atoms with Crippen molar-refractivity contribution in [3.05, 3.63) is 70.6 Å². The van der Waals surface area contributed by atoms with Gasteiger partial charge in [-0.2, -0.15) is 0 Å². The lowest BCUT2D eigenvalue weighted by Gasteiger charge is -2.26. The van der Waals surface area contributed by atoms with Gasteiger partial charge >= 0.3 is 0 Å². The van der Waals surface area contributed by atoms with E-state index in [1.54, 1.807) is 23.9 Å². The molecule has 3 heterocycles. The van der Waals surface area contributed by atoms with Gasteiger partial charge < -0.3 is 14.5 Å². The fraction of sp³-hybridized carbons (Fsp3) is 0.333. The van der Waals surface area contributed by atoms with Gasteiger partial charge in [-0.15, -0.1) is 11.3 Å². The van der Waals surface area contributed by atoms with Crippen LogP contribution in [0.25, 0.3) is 0 Å². The monoisotopic (exact) mass is 397 g/mol. The van der Waals surface area contributed by atoms with Gasteiger partial charge in [-0.05, 0) is 56.3 Å². The Labute approximate surface area is 168 Å². The predicted molar refractivity (Wildman–Crippen MR) is 107 cm³/mol. The van der Waals surface area contributed by atoms with Gasteiger partial charge in [0.25, 0.3) is 5.91 Å². The highest BCUT2D eigenvalue weighted by atomic mass is 32.1. The van der Waals surface area contributed by atoms with E-state index in [2.05, 4.69) is 15.2 Å². The first-order chi connectivity index (χ1) is 13.8. The topological polar surface area (TPSA) is 67.6 Å². The molecule has 28 heavy (non-hydrogen) atoms. The van der Waals surface area contributed by atoms with Gasteiger partial charge in [-0.1, -0.05) is 6.07 Å². The standard InChI is InChI=1S/C21H23N3O3S/c25-21(16-5-3-6-18(11-16)27-13-17-14-28-15-23-17)22-12-19(20-7-4-10-26-20)24-8-1-2-9-24/h3-7,10-11,14-15,19H,1-2,8-9,12-13H2,(H,22,25). The summed E-state index contributed by atoms with van der Waals surface area (Å²) in [5.41, 5.74) is 3.24. The fourth-order valence-electron chi connectivity index (χ4n) is 3.43. The highest BCUT2D eigenvalue weighted by Gasteiger charge is 2.26. The van der Waals surface area contributed by atoms with Gasteiger partial charge in [0.1, 0.15) is 18.1 Å². The molecule has 2 aromatic heterocycles. The van der Waals surface area contributed by atoms with Crippen LogP contribution in [0.4, 0.5) is 0 Å². The average molecular weight is 398 g/mol. The van der Waals surface area contributed by atoms with Crippen LogP contribution in [0.2, 0.25) is 0 Å². The molecule has 1 N–H and O–H groups in total. The lowest BCUT2D eigenvalue weighted by molar-refractivity contribution is 0.0933. The Balaban J connectivity index is 1.37. The molecule has 1 saturated heterocycles. The Kier molecular flexibility index (Phi) is 6.04. The van der Waals surface area contributed by atoms with Crippen molar-refractivity contribution < 1.29 is 13.9 Å². The van der Waals surface area contributed by atoms with Crippen LogP contribution in [0.1, 0.15) is 40.7 Å². The van der Waals surface area contributed by atoms with E-state index >= 15 is 0 Å². The first-order valence-corrected chi connectivity index (χ1v) is 10.4. The zero-order valence-corrected chi connectivity index (χ0v) is 16.4. The maximum atomic E-state index is 12.7. The van der Waals surface area contributed by atoms with Crippen LogP contribution in [0.3, 0.4) is 0 Å². The van der Waals surface area contributed by atoms with Crippen LogP contribution in [0, 0.1) is 0 Å². The van der Waals surface area contributed by atoms with Crippen molar-refractivity contribution in [3.8, 4) is 5.75 Å². The number of thiazole rings is 1. The molecule has 146 valence electrons. The second-order valence-electron chi connectivity index (χ2n) is 6.78. The van der Waals surface area contributed by atoms with Crippen LogP contribution in [0.5, 0.6) is 5.75 Å². The maximum Gasteiger partial charge on any atom is 0.251 e. The van der Waals surface area contributed by atoms with E-state index < -0.39 is 0 Å².